The van der Waals surface area contributed by atoms with Gasteiger partial charge in [-0.05, 0) is 52.0 Å². The van der Waals surface area contributed by atoms with E-state index in [-0.39, 0.29) is 40.0 Å². The monoisotopic (exact) mass is 519 g/mol. The fraction of sp³-hybridized carbons (Fsp3) is 0.360. The largest absolute Gasteiger partial charge is 0.464 e. The first-order valence-electron chi connectivity index (χ1n) is 11.1. The van der Waals surface area contributed by atoms with Crippen LogP contribution in [-0.2, 0) is 30.5 Å². The van der Waals surface area contributed by atoms with Crippen molar-refractivity contribution in [3.63, 3.8) is 0 Å². The van der Waals surface area contributed by atoms with Crippen LogP contribution in [0.25, 0.3) is 11.0 Å². The van der Waals surface area contributed by atoms with Gasteiger partial charge in [0.1, 0.15) is 11.4 Å². The summed E-state index contributed by atoms with van der Waals surface area (Å²) in [4.78, 5) is 27.5. The number of sulfone groups is 1. The first kappa shape index (κ1) is 25.1. The van der Waals surface area contributed by atoms with Crippen molar-refractivity contribution in [2.75, 3.05) is 13.2 Å². The summed E-state index contributed by atoms with van der Waals surface area (Å²) in [5.41, 5.74) is -0.193. The van der Waals surface area contributed by atoms with Crippen molar-refractivity contribution in [2.45, 2.75) is 55.5 Å². The lowest BCUT2D eigenvalue weighted by atomic mass is 9.96. The molecule has 0 N–H and O–H groups in total. The first-order chi connectivity index (χ1) is 16.4. The molecule has 0 fully saturated rings. The second-order valence-corrected chi connectivity index (χ2v) is 11.5. The summed E-state index contributed by atoms with van der Waals surface area (Å²) in [5.74, 6) is -0.233. The van der Waals surface area contributed by atoms with E-state index in [0.29, 0.717) is 16.7 Å². The molecule has 0 saturated heterocycles. The molecule has 1 aliphatic heterocycles. The Kier molecular flexibility index (Phi) is 6.59. The van der Waals surface area contributed by atoms with Gasteiger partial charge in [-0.2, -0.15) is 0 Å². The molecule has 4 rings (SSSR count). The number of hydrogen-bond acceptors (Lipinski definition) is 7. The minimum Gasteiger partial charge on any atom is -0.464 e. The summed E-state index contributed by atoms with van der Waals surface area (Å²) in [6.07, 6.45) is -0.397. The molecule has 1 atom stereocenters. The number of hydrogen-bond donors (Lipinski definition) is 0. The molecule has 186 valence electrons. The third-order valence-corrected chi connectivity index (χ3v) is 7.53. The number of nitrogens with zero attached hydrogens (tertiary/aromatic N) is 1. The van der Waals surface area contributed by atoms with Crippen LogP contribution in [0, 0.1) is 0 Å². The van der Waals surface area contributed by atoms with Crippen molar-refractivity contribution >= 4 is 44.5 Å². The zero-order valence-electron chi connectivity index (χ0n) is 19.8. The van der Waals surface area contributed by atoms with Gasteiger partial charge in [-0.25, -0.2) is 18.0 Å². The van der Waals surface area contributed by atoms with Gasteiger partial charge in [0.05, 0.1) is 21.4 Å². The molecule has 0 saturated carbocycles. The zero-order chi connectivity index (χ0) is 25.5. The van der Waals surface area contributed by atoms with Crippen LogP contribution in [-0.4, -0.2) is 44.1 Å². The summed E-state index contributed by atoms with van der Waals surface area (Å²) < 4.78 is 43.4. The van der Waals surface area contributed by atoms with Crippen molar-refractivity contribution in [2.24, 2.45) is 0 Å². The van der Waals surface area contributed by atoms with Crippen LogP contribution in [0.2, 0.25) is 5.02 Å². The van der Waals surface area contributed by atoms with Gasteiger partial charge in [-0.3, -0.25) is 4.90 Å². The van der Waals surface area contributed by atoms with Gasteiger partial charge in [0.2, 0.25) is 9.84 Å². The Morgan fingerprint density at radius 3 is 2.46 bits per heavy atom. The third-order valence-electron chi connectivity index (χ3n) is 5.50. The lowest BCUT2D eigenvalue weighted by Crippen LogP contribution is -2.46. The lowest BCUT2D eigenvalue weighted by molar-refractivity contribution is -0.150. The van der Waals surface area contributed by atoms with Crippen LogP contribution in [0.5, 0.6) is 0 Å². The predicted octanol–water partition coefficient (Wildman–Crippen LogP) is 5.32. The Labute approximate surface area is 208 Å². The molecule has 0 spiro atoms. The van der Waals surface area contributed by atoms with Crippen molar-refractivity contribution < 1.29 is 31.9 Å². The quantitative estimate of drug-likeness (QED) is 0.430. The zero-order valence-corrected chi connectivity index (χ0v) is 21.4. The summed E-state index contributed by atoms with van der Waals surface area (Å²) >= 11 is 6.47. The van der Waals surface area contributed by atoms with E-state index in [4.69, 9.17) is 25.5 Å². The van der Waals surface area contributed by atoms with Gasteiger partial charge in [0.25, 0.3) is 0 Å². The molecule has 1 aromatic heterocycles. The highest BCUT2D eigenvalue weighted by atomic mass is 35.5. The number of fused-ring (bicyclic) bond motifs is 3. The Morgan fingerprint density at radius 2 is 1.83 bits per heavy atom. The van der Waals surface area contributed by atoms with E-state index in [1.165, 1.54) is 29.2 Å². The topological polar surface area (TPSA) is 103 Å². The lowest BCUT2D eigenvalue weighted by Gasteiger charge is -2.35. The molecule has 1 unspecified atom stereocenters. The van der Waals surface area contributed by atoms with E-state index in [1.807, 2.05) is 0 Å². The second kappa shape index (κ2) is 9.20. The van der Waals surface area contributed by atoms with E-state index in [9.17, 15) is 18.0 Å². The average molecular weight is 520 g/mol. The number of carbonyl (C=O) groups is 2. The van der Waals surface area contributed by atoms with E-state index >= 15 is 0 Å². The fourth-order valence-corrected chi connectivity index (χ4v) is 5.72. The Balaban J connectivity index is 1.90. The van der Waals surface area contributed by atoms with Gasteiger partial charge < -0.3 is 13.9 Å². The van der Waals surface area contributed by atoms with Gasteiger partial charge in [-0.1, -0.05) is 29.8 Å². The van der Waals surface area contributed by atoms with Crippen LogP contribution in [0.1, 0.15) is 45.1 Å². The Morgan fingerprint density at radius 1 is 1.14 bits per heavy atom. The molecule has 0 bridgehead atoms. The average Bonchev–Trinajstić information content (AvgIpc) is 3.17. The number of carbonyl (C=O) groups excluding carboxylic acids is 2. The molecule has 35 heavy (non-hydrogen) atoms. The smallest absolute Gasteiger partial charge is 0.411 e. The van der Waals surface area contributed by atoms with Crippen molar-refractivity contribution in [3.05, 3.63) is 58.8 Å². The van der Waals surface area contributed by atoms with Crippen molar-refractivity contribution in [1.82, 2.24) is 4.90 Å². The molecule has 10 heteroatoms. The van der Waals surface area contributed by atoms with Crippen molar-refractivity contribution in [3.8, 4) is 0 Å². The standard InChI is InChI=1S/C25H26ClNO7S/c1-5-32-23(28)21-20-17-13-16(35(30,31)15-9-7-6-8-10-15)14-18(26)22(17)33-19(20)11-12-27(21)24(29)34-25(2,3)4/h6-10,13-14,21H,5,11-12H2,1-4H3. The molecular weight excluding hydrogens is 494 g/mol. The molecular formula is C25H26ClNO7S. The number of furan rings is 1. The Hall–Kier alpha value is -3.04. The summed E-state index contributed by atoms with van der Waals surface area (Å²) in [5, 5.41) is 0.408. The minimum atomic E-state index is -3.91. The molecule has 2 heterocycles. The first-order valence-corrected chi connectivity index (χ1v) is 13.0. The molecule has 1 amide bonds. The van der Waals surface area contributed by atoms with Gasteiger partial charge in [0, 0.05) is 23.9 Å². The Bertz CT molecular complexity index is 1390. The highest BCUT2D eigenvalue weighted by Gasteiger charge is 2.42. The maximum atomic E-state index is 13.3. The summed E-state index contributed by atoms with van der Waals surface area (Å²) in [6, 6.07) is 9.53. The SMILES string of the molecule is CCOC(=O)C1c2c(oc3c(Cl)cc(S(=O)(=O)c4ccccc4)cc23)CCN1C(=O)OC(C)(C)C. The van der Waals surface area contributed by atoms with Crippen LogP contribution in [0.4, 0.5) is 4.79 Å². The number of esters is 1. The van der Waals surface area contributed by atoms with Crippen molar-refractivity contribution in [1.29, 1.82) is 0 Å². The summed E-state index contributed by atoms with van der Waals surface area (Å²) in [6.45, 7) is 7.09. The molecule has 1 aliphatic rings. The number of amides is 1. The summed E-state index contributed by atoms with van der Waals surface area (Å²) in [7, 11) is -3.91. The maximum absolute atomic E-state index is 13.3. The van der Waals surface area contributed by atoms with E-state index in [1.54, 1.807) is 45.9 Å². The predicted molar refractivity (Wildman–Crippen MR) is 129 cm³/mol. The fourth-order valence-electron chi connectivity index (χ4n) is 4.07. The van der Waals surface area contributed by atoms with E-state index < -0.39 is 33.5 Å². The van der Waals surface area contributed by atoms with Crippen LogP contribution < -0.4 is 0 Å². The van der Waals surface area contributed by atoms with E-state index in [2.05, 4.69) is 0 Å². The number of ether oxygens (including phenoxy) is 2. The number of benzene rings is 2. The van der Waals surface area contributed by atoms with Gasteiger partial charge >= 0.3 is 12.1 Å². The third kappa shape index (κ3) is 4.75. The molecule has 0 radical (unpaired) electrons. The maximum Gasteiger partial charge on any atom is 0.411 e. The van der Waals surface area contributed by atoms with E-state index in [0.717, 1.165) is 0 Å². The number of halogens is 1. The highest BCUT2D eigenvalue weighted by molar-refractivity contribution is 7.91. The molecule has 8 nitrogen and oxygen atoms in total. The van der Waals surface area contributed by atoms with Gasteiger partial charge in [0.15, 0.2) is 11.6 Å². The minimum absolute atomic E-state index is 0.0539. The highest BCUT2D eigenvalue weighted by Crippen LogP contribution is 2.43. The van der Waals surface area contributed by atoms with Crippen LogP contribution in [0.15, 0.2) is 56.7 Å². The van der Waals surface area contributed by atoms with Crippen LogP contribution in [0.3, 0.4) is 0 Å². The number of rotatable bonds is 4. The van der Waals surface area contributed by atoms with Crippen LogP contribution >= 0.6 is 11.6 Å². The normalized spacial score (nSPS) is 16.1. The molecule has 0 aliphatic carbocycles. The molecule has 2 aromatic carbocycles. The molecule has 3 aromatic rings. The second-order valence-electron chi connectivity index (χ2n) is 9.12. The van der Waals surface area contributed by atoms with Gasteiger partial charge in [-0.15, -0.1) is 0 Å².